The number of benzene rings is 1. The Balaban J connectivity index is 0.00000841. The topological polar surface area (TPSA) is 143 Å². The van der Waals surface area contributed by atoms with E-state index in [1.807, 2.05) is 0 Å². The van der Waals surface area contributed by atoms with Crippen LogP contribution in [-0.4, -0.2) is 54.8 Å². The fourth-order valence-corrected chi connectivity index (χ4v) is 2.22. The maximum absolute atomic E-state index is 12.0. The molecule has 0 radical (unpaired) electrons. The first-order chi connectivity index (χ1) is 13.7. The summed E-state index contributed by atoms with van der Waals surface area (Å²) in [7, 11) is 0. The Labute approximate surface area is 168 Å². The number of carbonyl (C=O) groups excluding carboxylic acids is 3. The molecule has 30 heavy (non-hydrogen) atoms. The largest absolute Gasteiger partial charge is 0.520 e. The molecule has 0 saturated carbocycles. The molecule has 1 aromatic rings. The molecule has 0 bridgehead atoms. The monoisotopic (exact) mass is 665 g/mol. The van der Waals surface area contributed by atoms with Crippen LogP contribution in [0.1, 0.15) is 26.3 Å². The summed E-state index contributed by atoms with van der Waals surface area (Å²) >= 11 is 0. The van der Waals surface area contributed by atoms with Crippen molar-refractivity contribution in [1.29, 1.82) is 0 Å². The summed E-state index contributed by atoms with van der Waals surface area (Å²) in [6.07, 6.45) is 0.815. The number of nitrogens with one attached hydrogen (secondary N) is 3. The zero-order chi connectivity index (χ0) is 21.8. The van der Waals surface area contributed by atoms with Crippen LogP contribution in [-0.2, 0) is 35.3 Å². The summed E-state index contributed by atoms with van der Waals surface area (Å²) in [4.78, 5) is 44.8. The van der Waals surface area contributed by atoms with Gasteiger partial charge in [0.1, 0.15) is 6.61 Å². The van der Waals surface area contributed by atoms with Gasteiger partial charge in [0.15, 0.2) is 6.29 Å². The Kier molecular flexibility index (Phi) is 11.5. The normalized spacial score (nSPS) is 12.3. The molecular formula is C19H26FmN3O7-. The molecule has 3 amide bonds. The van der Waals surface area contributed by atoms with E-state index in [9.17, 15) is 19.2 Å². The number of hydrogen-bond donors (Lipinski definition) is 4. The van der Waals surface area contributed by atoms with Crippen LogP contribution in [0.4, 0.5) is 5.69 Å². The Bertz CT molecular complexity index is 698. The number of ether oxygens (including phenoxy) is 2. The number of aliphatic carboxylic acids is 1. The van der Waals surface area contributed by atoms with Gasteiger partial charge in [-0.3, -0.25) is 9.59 Å². The van der Waals surface area contributed by atoms with Gasteiger partial charge in [-0.05, 0) is 30.5 Å². The van der Waals surface area contributed by atoms with Crippen molar-refractivity contribution < 1.29 is 33.8 Å². The van der Waals surface area contributed by atoms with Crippen molar-refractivity contribution in [1.82, 2.24) is 10.6 Å². The predicted molar refractivity (Wildman–Crippen MR) is 103 cm³/mol. The van der Waals surface area contributed by atoms with Crippen LogP contribution in [0.2, 0.25) is 0 Å². The molecule has 4 N–H and O–H groups in total. The van der Waals surface area contributed by atoms with Gasteiger partial charge >= 0.3 is 5.97 Å². The van der Waals surface area contributed by atoms with E-state index in [0.29, 0.717) is 5.69 Å². The zero-order valence-electron chi connectivity index (χ0n) is 16.8. The molecule has 172 valence electrons. The smallest absolute Gasteiger partial charge is 0.329 e. The van der Waals surface area contributed by atoms with Crippen LogP contribution in [0.5, 0.6) is 0 Å². The van der Waals surface area contributed by atoms with Crippen LogP contribution in [0.15, 0.2) is 24.3 Å². The van der Waals surface area contributed by atoms with Crippen LogP contribution < -0.4 is 16.0 Å². The number of carbonyl (C=O) groups is 3. The van der Waals surface area contributed by atoms with Crippen molar-refractivity contribution in [3.05, 3.63) is 29.8 Å². The second-order valence-electron chi connectivity index (χ2n) is 6.51. The summed E-state index contributed by atoms with van der Waals surface area (Å²) in [6.45, 7) is 4.65. The van der Waals surface area contributed by atoms with E-state index in [0.717, 1.165) is 5.56 Å². The van der Waals surface area contributed by atoms with E-state index in [1.54, 1.807) is 45.0 Å². The fourth-order valence-electron chi connectivity index (χ4n) is 2.22. The van der Waals surface area contributed by atoms with E-state index in [1.165, 1.54) is 6.41 Å². The van der Waals surface area contributed by atoms with Crippen molar-refractivity contribution in [2.24, 2.45) is 5.92 Å². The Morgan fingerprint density at radius 2 is 1.73 bits per heavy atom. The summed E-state index contributed by atoms with van der Waals surface area (Å²) in [6, 6.07) is 6.04. The average Bonchev–Trinajstić information content (AvgIpc) is 2.67. The van der Waals surface area contributed by atoms with Gasteiger partial charge in [-0.1, -0.05) is 26.0 Å². The predicted octanol–water partition coefficient (Wildman–Crippen LogP) is 0.387. The zero-order valence-corrected chi connectivity index (χ0v) is 19.3. The molecule has 10 nitrogen and oxygen atoms in total. The Morgan fingerprint density at radius 3 is 2.27 bits per heavy atom. The van der Waals surface area contributed by atoms with Crippen molar-refractivity contribution in [2.75, 3.05) is 18.5 Å². The van der Waals surface area contributed by atoms with Crippen molar-refractivity contribution in [3.63, 3.8) is 0 Å². The van der Waals surface area contributed by atoms with E-state index in [4.69, 9.17) is 14.6 Å². The van der Waals surface area contributed by atoms with Crippen LogP contribution >= 0.6 is 0 Å². The minimum absolute atomic E-state index is 0. The second kappa shape index (κ2) is 13.2. The summed E-state index contributed by atoms with van der Waals surface area (Å²) < 4.78 is 10.3. The van der Waals surface area contributed by atoms with E-state index >= 15 is 0 Å². The number of carboxylic acid groups (broad SMARTS) is 1. The van der Waals surface area contributed by atoms with Gasteiger partial charge in [-0.15, -0.1) is 0 Å². The summed E-state index contributed by atoms with van der Waals surface area (Å²) in [5, 5.41) is 15.9. The van der Waals surface area contributed by atoms with Crippen LogP contribution in [0.25, 0.3) is 0 Å². The summed E-state index contributed by atoms with van der Waals surface area (Å²) in [5.41, 5.74) is 1.33. The standard InChI is InChI=1S/C19H26N3O7.Fm/c1-12(2)18(21-11-23)19(27)20-8-16(24)22-15-6-4-14(5-7-15)9-28-13(3)29-10-17(25)26;/h4-7,12-13,18H,8-10H2,1-3H3,(H,20,27)(H,21,23)(H,22,24)(H,25,26);/q-1;. The Hall–Kier alpha value is -3.98. The van der Waals surface area contributed by atoms with Gasteiger partial charge in [0.2, 0.25) is 11.8 Å². The first kappa shape index (κ1) is 26.0. The molecular weight excluding hydrogens is 639 g/mol. The van der Waals surface area contributed by atoms with Gasteiger partial charge in [0, 0.05) is 5.69 Å². The quantitative estimate of drug-likeness (QED) is 0.136. The molecule has 0 spiro atoms. The third-order valence-electron chi connectivity index (χ3n) is 3.75. The number of rotatable bonds is 13. The number of anilines is 1. The molecule has 0 aliphatic rings. The minimum atomic E-state index is -1.07. The fraction of sp³-hybridized carbons (Fsp3) is 0.474. The Morgan fingerprint density at radius 1 is 1.10 bits per heavy atom. The molecule has 0 aliphatic carbocycles. The molecule has 0 heterocycles. The first-order valence-electron chi connectivity index (χ1n) is 8.97. The summed E-state index contributed by atoms with van der Waals surface area (Å²) in [5.74, 6) is -2.11. The number of amides is 3. The minimum Gasteiger partial charge on any atom is -0.520 e. The van der Waals surface area contributed by atoms with Crippen LogP contribution in [0.3, 0.4) is 0 Å². The third-order valence-corrected chi connectivity index (χ3v) is 3.75. The number of carboxylic acids is 1. The molecule has 0 aliphatic heterocycles. The van der Waals surface area contributed by atoms with Gasteiger partial charge in [0.25, 0.3) is 0 Å². The van der Waals surface area contributed by atoms with Gasteiger partial charge in [0.05, 0.1) is 19.2 Å². The first-order valence-corrected chi connectivity index (χ1v) is 8.97. The average molecular weight is 665 g/mol. The van der Waals surface area contributed by atoms with Gasteiger partial charge < -0.3 is 35.3 Å². The molecule has 1 aromatic carbocycles. The van der Waals surface area contributed by atoms with Crippen molar-refractivity contribution in [3.8, 4) is 0 Å². The molecule has 2 atom stereocenters. The molecule has 1 rings (SSSR count). The number of hydrogen-bond acceptors (Lipinski definition) is 6. The van der Waals surface area contributed by atoms with Crippen molar-refractivity contribution >= 4 is 29.9 Å². The third kappa shape index (κ3) is 9.81. The van der Waals surface area contributed by atoms with Gasteiger partial charge in [-0.25, -0.2) is 4.79 Å². The molecule has 11 heteroatoms. The SMILES string of the molecule is CC(OCC(=O)O)OCc1ccc(NC(=O)CNC(=O)C(N[C-]=O)C(C)C)cc1.[Fm]. The molecule has 2 unspecified atom stereocenters. The van der Waals surface area contributed by atoms with E-state index in [2.05, 4.69) is 16.0 Å². The van der Waals surface area contributed by atoms with Crippen molar-refractivity contribution in [2.45, 2.75) is 39.7 Å². The van der Waals surface area contributed by atoms with Crippen LogP contribution in [0, 0.1) is 5.92 Å². The van der Waals surface area contributed by atoms with Gasteiger partial charge in [-0.2, -0.15) is 6.41 Å². The molecule has 0 fully saturated rings. The maximum atomic E-state index is 12.0. The van der Waals surface area contributed by atoms with E-state index < -0.39 is 36.7 Å². The maximum Gasteiger partial charge on any atom is 0.329 e. The molecule has 0 saturated heterocycles. The second-order valence-corrected chi connectivity index (χ2v) is 6.51. The molecule has 0 aromatic heterocycles. The van der Waals surface area contributed by atoms with E-state index in [-0.39, 0.29) is 19.1 Å².